The zero-order chi connectivity index (χ0) is 18.7. The van der Waals surface area contributed by atoms with Gasteiger partial charge in [0, 0.05) is 36.9 Å². The molecular formula is C19H20Cl2FN3O. The van der Waals surface area contributed by atoms with E-state index >= 15 is 0 Å². The number of amides is 1. The summed E-state index contributed by atoms with van der Waals surface area (Å²) in [5, 5.41) is 3.82. The van der Waals surface area contributed by atoms with Gasteiger partial charge in [-0.3, -0.25) is 9.69 Å². The molecule has 0 bridgehead atoms. The lowest BCUT2D eigenvalue weighted by Gasteiger charge is -2.38. The minimum absolute atomic E-state index is 0.121. The molecule has 0 saturated carbocycles. The molecule has 2 aromatic rings. The fourth-order valence-electron chi connectivity index (χ4n) is 3.02. The third kappa shape index (κ3) is 4.47. The van der Waals surface area contributed by atoms with Crippen molar-refractivity contribution in [1.82, 2.24) is 4.90 Å². The molecule has 1 saturated heterocycles. The fourth-order valence-corrected chi connectivity index (χ4v) is 3.35. The first-order valence-electron chi connectivity index (χ1n) is 8.44. The monoisotopic (exact) mass is 395 g/mol. The van der Waals surface area contributed by atoms with E-state index < -0.39 is 0 Å². The molecule has 1 aliphatic rings. The van der Waals surface area contributed by atoms with Gasteiger partial charge in [-0.25, -0.2) is 4.39 Å². The molecule has 1 atom stereocenters. The number of carbonyl (C=O) groups excluding carboxylic acids is 1. The van der Waals surface area contributed by atoms with Crippen LogP contribution in [0.5, 0.6) is 0 Å². The van der Waals surface area contributed by atoms with Crippen LogP contribution in [0.4, 0.5) is 15.8 Å². The van der Waals surface area contributed by atoms with Crippen LogP contribution in [0.25, 0.3) is 0 Å². The van der Waals surface area contributed by atoms with Gasteiger partial charge in [-0.15, -0.1) is 0 Å². The van der Waals surface area contributed by atoms with Crippen molar-refractivity contribution >= 4 is 40.5 Å². The zero-order valence-electron chi connectivity index (χ0n) is 14.4. The molecule has 0 unspecified atom stereocenters. The molecule has 0 aliphatic carbocycles. The summed E-state index contributed by atoms with van der Waals surface area (Å²) in [5.41, 5.74) is 1.51. The van der Waals surface area contributed by atoms with Crippen molar-refractivity contribution in [3.05, 3.63) is 58.3 Å². The second-order valence-electron chi connectivity index (χ2n) is 6.29. The molecule has 26 heavy (non-hydrogen) atoms. The molecule has 2 aromatic carbocycles. The summed E-state index contributed by atoms with van der Waals surface area (Å²) in [4.78, 5) is 16.9. The average Bonchev–Trinajstić information content (AvgIpc) is 2.65. The summed E-state index contributed by atoms with van der Waals surface area (Å²) in [6, 6.07) is 11.2. The van der Waals surface area contributed by atoms with E-state index in [0.29, 0.717) is 15.7 Å². The first-order chi connectivity index (χ1) is 12.4. The van der Waals surface area contributed by atoms with Crippen molar-refractivity contribution in [3.8, 4) is 0 Å². The molecule has 1 aliphatic heterocycles. The Morgan fingerprint density at radius 2 is 1.73 bits per heavy atom. The second kappa shape index (κ2) is 8.25. The number of nitrogens with one attached hydrogen (secondary N) is 1. The summed E-state index contributed by atoms with van der Waals surface area (Å²) in [7, 11) is 0. The molecule has 1 fully saturated rings. The minimum atomic E-state index is -0.291. The predicted molar refractivity (Wildman–Crippen MR) is 105 cm³/mol. The average molecular weight is 396 g/mol. The molecule has 1 amide bonds. The molecule has 7 heteroatoms. The summed E-state index contributed by atoms with van der Waals surface area (Å²) >= 11 is 12.1. The van der Waals surface area contributed by atoms with Crippen molar-refractivity contribution < 1.29 is 9.18 Å². The molecular weight excluding hydrogens is 376 g/mol. The van der Waals surface area contributed by atoms with E-state index in [4.69, 9.17) is 23.2 Å². The smallest absolute Gasteiger partial charge is 0.241 e. The highest BCUT2D eigenvalue weighted by Gasteiger charge is 2.26. The Balaban J connectivity index is 1.57. The molecule has 1 heterocycles. The highest BCUT2D eigenvalue weighted by molar-refractivity contribution is 6.35. The van der Waals surface area contributed by atoms with Crippen molar-refractivity contribution in [3.63, 3.8) is 0 Å². The first kappa shape index (κ1) is 19.0. The van der Waals surface area contributed by atoms with Crippen LogP contribution in [0.3, 0.4) is 0 Å². The van der Waals surface area contributed by atoms with Crippen molar-refractivity contribution in [2.75, 3.05) is 36.4 Å². The minimum Gasteiger partial charge on any atom is -0.369 e. The number of anilines is 2. The van der Waals surface area contributed by atoms with E-state index in [9.17, 15) is 9.18 Å². The Hall–Kier alpha value is -1.82. The van der Waals surface area contributed by atoms with E-state index in [2.05, 4.69) is 15.1 Å². The number of hydrogen-bond donors (Lipinski definition) is 1. The molecule has 138 valence electrons. The second-order valence-corrected chi connectivity index (χ2v) is 7.13. The number of nitrogens with zero attached hydrogens (tertiary/aromatic N) is 2. The van der Waals surface area contributed by atoms with Crippen molar-refractivity contribution in [1.29, 1.82) is 0 Å². The van der Waals surface area contributed by atoms with E-state index in [1.165, 1.54) is 12.1 Å². The van der Waals surface area contributed by atoms with Gasteiger partial charge < -0.3 is 10.2 Å². The van der Waals surface area contributed by atoms with Crippen LogP contribution >= 0.6 is 23.2 Å². The maximum Gasteiger partial charge on any atom is 0.241 e. The molecule has 0 radical (unpaired) electrons. The topological polar surface area (TPSA) is 35.6 Å². The fraction of sp³-hybridized carbons (Fsp3) is 0.316. The highest BCUT2D eigenvalue weighted by Crippen LogP contribution is 2.26. The number of benzene rings is 2. The van der Waals surface area contributed by atoms with Gasteiger partial charge in [0.25, 0.3) is 0 Å². The number of piperazine rings is 1. The third-order valence-corrected chi connectivity index (χ3v) is 5.18. The lowest BCUT2D eigenvalue weighted by Crippen LogP contribution is -2.52. The summed E-state index contributed by atoms with van der Waals surface area (Å²) in [5.74, 6) is -0.359. The van der Waals surface area contributed by atoms with Gasteiger partial charge in [0.2, 0.25) is 5.91 Å². The molecule has 4 nitrogen and oxygen atoms in total. The predicted octanol–water partition coefficient (Wildman–Crippen LogP) is 4.28. The Labute approximate surface area is 162 Å². The maximum atomic E-state index is 13.1. The molecule has 0 spiro atoms. The summed E-state index contributed by atoms with van der Waals surface area (Å²) < 4.78 is 13.1. The van der Waals surface area contributed by atoms with Crippen LogP contribution in [0.2, 0.25) is 10.0 Å². The van der Waals surface area contributed by atoms with Crippen molar-refractivity contribution in [2.45, 2.75) is 13.0 Å². The van der Waals surface area contributed by atoms with Gasteiger partial charge in [-0.05, 0) is 49.4 Å². The lowest BCUT2D eigenvalue weighted by molar-refractivity contribution is -0.120. The Bertz CT molecular complexity index is 777. The highest BCUT2D eigenvalue weighted by atomic mass is 35.5. The van der Waals surface area contributed by atoms with E-state index in [1.54, 1.807) is 30.3 Å². The SMILES string of the molecule is C[C@@H](C(=O)Nc1cc(Cl)ccc1Cl)N1CCN(c2ccc(F)cc2)CC1. The van der Waals surface area contributed by atoms with Gasteiger partial charge in [0.05, 0.1) is 16.8 Å². The molecule has 0 aromatic heterocycles. The Morgan fingerprint density at radius 3 is 2.38 bits per heavy atom. The summed E-state index contributed by atoms with van der Waals surface area (Å²) in [6.45, 7) is 4.92. The molecule has 3 rings (SSSR count). The van der Waals surface area contributed by atoms with E-state index in [1.807, 2.05) is 6.92 Å². The Morgan fingerprint density at radius 1 is 1.08 bits per heavy atom. The van der Waals surface area contributed by atoms with E-state index in [-0.39, 0.29) is 17.8 Å². The van der Waals surface area contributed by atoms with E-state index in [0.717, 1.165) is 31.9 Å². The van der Waals surface area contributed by atoms with Gasteiger partial charge in [0.1, 0.15) is 5.82 Å². The van der Waals surface area contributed by atoms with Crippen LogP contribution < -0.4 is 10.2 Å². The number of carbonyl (C=O) groups is 1. The van der Waals surface area contributed by atoms with Crippen LogP contribution in [0, 0.1) is 5.82 Å². The lowest BCUT2D eigenvalue weighted by atomic mass is 10.2. The Kier molecular flexibility index (Phi) is 6.01. The van der Waals surface area contributed by atoms with Gasteiger partial charge >= 0.3 is 0 Å². The number of hydrogen-bond acceptors (Lipinski definition) is 3. The number of halogens is 3. The zero-order valence-corrected chi connectivity index (χ0v) is 15.9. The first-order valence-corrected chi connectivity index (χ1v) is 9.20. The van der Waals surface area contributed by atoms with Crippen LogP contribution in [-0.4, -0.2) is 43.0 Å². The standard InChI is InChI=1S/C19H20Cl2FN3O/c1-13(19(26)23-18-12-14(20)2-7-17(18)21)24-8-10-25(11-9-24)16-5-3-15(22)4-6-16/h2-7,12-13H,8-11H2,1H3,(H,23,26)/t13-/m0/s1. The van der Waals surface area contributed by atoms with Gasteiger partial charge in [-0.1, -0.05) is 23.2 Å². The third-order valence-electron chi connectivity index (χ3n) is 4.62. The van der Waals surface area contributed by atoms with Crippen LogP contribution in [0.15, 0.2) is 42.5 Å². The normalized spacial score (nSPS) is 16.4. The van der Waals surface area contributed by atoms with Gasteiger partial charge in [0.15, 0.2) is 0 Å². The molecule has 1 N–H and O–H groups in total. The van der Waals surface area contributed by atoms with Crippen LogP contribution in [0.1, 0.15) is 6.92 Å². The largest absolute Gasteiger partial charge is 0.369 e. The van der Waals surface area contributed by atoms with Gasteiger partial charge in [-0.2, -0.15) is 0 Å². The van der Waals surface area contributed by atoms with Crippen LogP contribution in [-0.2, 0) is 4.79 Å². The van der Waals surface area contributed by atoms with Crippen molar-refractivity contribution in [2.24, 2.45) is 0 Å². The quantitative estimate of drug-likeness (QED) is 0.838. The maximum absolute atomic E-state index is 13.1. The number of rotatable bonds is 4. The summed E-state index contributed by atoms with van der Waals surface area (Å²) in [6.07, 6.45) is 0.